The van der Waals surface area contributed by atoms with Crippen LogP contribution in [0.4, 0.5) is 11.8 Å². The van der Waals surface area contributed by atoms with E-state index in [0.29, 0.717) is 12.0 Å². The summed E-state index contributed by atoms with van der Waals surface area (Å²) in [6.07, 6.45) is 0. The van der Waals surface area contributed by atoms with Crippen molar-refractivity contribution in [3.05, 3.63) is 30.3 Å². The van der Waals surface area contributed by atoms with Crippen LogP contribution >= 0.6 is 0 Å². The Morgan fingerprint density at radius 3 is 2.81 bits per heavy atom. The monoisotopic (exact) mass is 286 g/mol. The highest BCUT2D eigenvalue weighted by Gasteiger charge is 2.33. The molecule has 6 heteroatoms. The maximum Gasteiger partial charge on any atom is 0.231 e. The van der Waals surface area contributed by atoms with Gasteiger partial charge < -0.3 is 15.8 Å². The van der Waals surface area contributed by atoms with Crippen molar-refractivity contribution < 1.29 is 9.64 Å². The number of hydrogen-bond donors (Lipinski definition) is 3. The van der Waals surface area contributed by atoms with Crippen LogP contribution in [0, 0.1) is 0 Å². The van der Waals surface area contributed by atoms with E-state index in [-0.39, 0.29) is 0 Å². The molecule has 1 aromatic carbocycles. The molecule has 3 rings (SSSR count). The Bertz CT molecular complexity index is 640. The third-order valence-corrected chi connectivity index (χ3v) is 3.87. The molecule has 0 unspecified atom stereocenters. The summed E-state index contributed by atoms with van der Waals surface area (Å²) in [5, 5.41) is 3.27. The number of ether oxygens (including phenoxy) is 1. The van der Waals surface area contributed by atoms with Crippen LogP contribution in [0.1, 0.15) is 0 Å². The Morgan fingerprint density at radius 1 is 1.29 bits per heavy atom. The molecule has 0 saturated carbocycles. The van der Waals surface area contributed by atoms with E-state index < -0.39 is 0 Å². The fourth-order valence-electron chi connectivity index (χ4n) is 2.53. The molecule has 1 aliphatic heterocycles. The van der Waals surface area contributed by atoms with Crippen LogP contribution in [0.5, 0.6) is 5.75 Å². The van der Waals surface area contributed by atoms with Crippen LogP contribution in [0.25, 0.3) is 11.3 Å². The van der Waals surface area contributed by atoms with Gasteiger partial charge in [-0.05, 0) is 19.2 Å². The van der Waals surface area contributed by atoms with Crippen molar-refractivity contribution in [2.24, 2.45) is 0 Å². The number of nitrogens with one attached hydrogen (secondary N) is 2. The number of aromatic nitrogens is 2. The molecule has 4 N–H and O–H groups in total. The van der Waals surface area contributed by atoms with Crippen molar-refractivity contribution in [1.82, 2.24) is 15.3 Å². The summed E-state index contributed by atoms with van der Waals surface area (Å²) in [5.74, 6) is 2.07. The molecule has 6 nitrogen and oxygen atoms in total. The maximum atomic E-state index is 5.87. The summed E-state index contributed by atoms with van der Waals surface area (Å²) in [7, 11) is 3.64. The zero-order valence-electron chi connectivity index (χ0n) is 12.3. The van der Waals surface area contributed by atoms with Crippen molar-refractivity contribution in [1.29, 1.82) is 0 Å². The quantitative estimate of drug-likeness (QED) is 0.729. The van der Waals surface area contributed by atoms with Crippen molar-refractivity contribution >= 4 is 11.8 Å². The molecule has 0 radical (unpaired) electrons. The van der Waals surface area contributed by atoms with E-state index in [4.69, 9.17) is 10.5 Å². The van der Waals surface area contributed by atoms with Gasteiger partial charge in [-0.2, -0.15) is 4.98 Å². The maximum absolute atomic E-state index is 5.87. The van der Waals surface area contributed by atoms with Gasteiger partial charge in [0.05, 0.1) is 12.8 Å². The number of nitrogen functional groups attached to an aromatic ring is 1. The zero-order valence-corrected chi connectivity index (χ0v) is 12.3. The third kappa shape index (κ3) is 2.81. The van der Waals surface area contributed by atoms with Crippen LogP contribution in [0.15, 0.2) is 30.3 Å². The third-order valence-electron chi connectivity index (χ3n) is 3.87. The molecule has 0 amide bonds. The Hall–Kier alpha value is -2.18. The highest BCUT2D eigenvalue weighted by atomic mass is 16.5. The highest BCUT2D eigenvalue weighted by molar-refractivity contribution is 5.63. The van der Waals surface area contributed by atoms with Gasteiger partial charge in [-0.25, -0.2) is 4.98 Å². The number of nitrogens with zero attached hydrogens (tertiary/aromatic N) is 2. The highest BCUT2D eigenvalue weighted by Crippen LogP contribution is 2.23. The van der Waals surface area contributed by atoms with Crippen molar-refractivity contribution in [2.45, 2.75) is 6.04 Å². The number of benzene rings is 1. The lowest BCUT2D eigenvalue weighted by Crippen LogP contribution is -3.18. The normalized spacial score (nSPS) is 20.9. The SMILES string of the molecule is CNC1C[NH+](c2cc(-c3cccc(OC)c3)nc(N)n2)C1. The molecule has 21 heavy (non-hydrogen) atoms. The van der Waals surface area contributed by atoms with Gasteiger partial charge in [-0.15, -0.1) is 0 Å². The first-order valence-electron chi connectivity index (χ1n) is 7.01. The average molecular weight is 286 g/mol. The number of nitrogens with two attached hydrogens (primary N) is 1. The molecular weight excluding hydrogens is 266 g/mol. The molecule has 0 aliphatic carbocycles. The van der Waals surface area contributed by atoms with E-state index in [9.17, 15) is 0 Å². The summed E-state index contributed by atoms with van der Waals surface area (Å²) in [6, 6.07) is 10.4. The minimum Gasteiger partial charge on any atom is -0.497 e. The van der Waals surface area contributed by atoms with Crippen LogP contribution in [-0.2, 0) is 0 Å². The predicted octanol–water partition coefficient (Wildman–Crippen LogP) is -0.148. The smallest absolute Gasteiger partial charge is 0.231 e. The van der Waals surface area contributed by atoms with E-state index in [1.807, 2.05) is 37.4 Å². The van der Waals surface area contributed by atoms with Crippen LogP contribution in [0.2, 0.25) is 0 Å². The second-order valence-electron chi connectivity index (χ2n) is 5.23. The predicted molar refractivity (Wildman–Crippen MR) is 81.6 cm³/mol. The fraction of sp³-hybridized carbons (Fsp3) is 0.333. The van der Waals surface area contributed by atoms with Gasteiger partial charge in [-0.3, -0.25) is 4.90 Å². The molecule has 0 bridgehead atoms. The van der Waals surface area contributed by atoms with E-state index in [2.05, 4.69) is 15.3 Å². The fourth-order valence-corrected chi connectivity index (χ4v) is 2.53. The topological polar surface area (TPSA) is 77.5 Å². The standard InChI is InChI=1S/C15H19N5O/c1-17-11-8-20(9-11)14-7-13(18-15(16)19-14)10-4-3-5-12(6-10)21-2/h3-7,11,17H,8-9H2,1-2H3,(H2,16,18,19)/p+1. The molecule has 1 fully saturated rings. The van der Waals surface area contributed by atoms with Gasteiger partial charge in [0.25, 0.3) is 0 Å². The number of quaternary nitrogens is 1. The van der Waals surface area contributed by atoms with Gasteiger partial charge >= 0.3 is 0 Å². The summed E-state index contributed by atoms with van der Waals surface area (Å²) in [6.45, 7) is 2.04. The molecule has 0 atom stereocenters. The van der Waals surface area contributed by atoms with E-state index in [1.54, 1.807) is 7.11 Å². The zero-order chi connectivity index (χ0) is 14.8. The Labute approximate surface area is 124 Å². The number of hydrogen-bond acceptors (Lipinski definition) is 5. The van der Waals surface area contributed by atoms with Gasteiger partial charge in [0, 0.05) is 11.6 Å². The van der Waals surface area contributed by atoms with Gasteiger partial charge in [-0.1, -0.05) is 12.1 Å². The lowest BCUT2D eigenvalue weighted by Gasteiger charge is -2.33. The Morgan fingerprint density at radius 2 is 2.10 bits per heavy atom. The largest absolute Gasteiger partial charge is 0.497 e. The van der Waals surface area contributed by atoms with E-state index in [1.165, 1.54) is 4.90 Å². The first-order chi connectivity index (χ1) is 10.2. The molecule has 1 saturated heterocycles. The summed E-state index contributed by atoms with van der Waals surface area (Å²) in [4.78, 5) is 10.0. The van der Waals surface area contributed by atoms with Crippen molar-refractivity contribution in [3.8, 4) is 17.0 Å². The number of likely N-dealkylation sites (N-methyl/N-ethyl adjacent to an activating group) is 1. The van der Waals surface area contributed by atoms with E-state index >= 15 is 0 Å². The molecule has 110 valence electrons. The first kappa shape index (κ1) is 13.8. The summed E-state index contributed by atoms with van der Waals surface area (Å²) in [5.41, 5.74) is 7.68. The van der Waals surface area contributed by atoms with Crippen molar-refractivity contribution in [2.75, 3.05) is 33.0 Å². The van der Waals surface area contributed by atoms with Crippen LogP contribution in [0.3, 0.4) is 0 Å². The van der Waals surface area contributed by atoms with Gasteiger partial charge in [0.2, 0.25) is 11.8 Å². The first-order valence-corrected chi connectivity index (χ1v) is 7.01. The van der Waals surface area contributed by atoms with Crippen LogP contribution in [-0.4, -0.2) is 43.3 Å². The lowest BCUT2D eigenvalue weighted by molar-refractivity contribution is -0.881. The second-order valence-corrected chi connectivity index (χ2v) is 5.23. The summed E-state index contributed by atoms with van der Waals surface area (Å²) < 4.78 is 5.26. The molecular formula is C15H20N5O+. The minimum absolute atomic E-state index is 0.311. The van der Waals surface area contributed by atoms with E-state index in [0.717, 1.165) is 35.9 Å². The molecule has 0 spiro atoms. The molecule has 2 heterocycles. The number of rotatable bonds is 4. The summed E-state index contributed by atoms with van der Waals surface area (Å²) >= 11 is 0. The average Bonchev–Trinajstić information content (AvgIpc) is 2.46. The van der Waals surface area contributed by atoms with Gasteiger partial charge in [0.15, 0.2) is 0 Å². The molecule has 1 aromatic heterocycles. The number of anilines is 1. The lowest BCUT2D eigenvalue weighted by atomic mass is 10.1. The van der Waals surface area contributed by atoms with Crippen LogP contribution < -0.4 is 20.7 Å². The molecule has 1 aliphatic rings. The Balaban J connectivity index is 1.90. The van der Waals surface area contributed by atoms with Crippen molar-refractivity contribution in [3.63, 3.8) is 0 Å². The minimum atomic E-state index is 0.311. The molecule has 2 aromatic rings. The second kappa shape index (κ2) is 5.67. The number of methoxy groups -OCH3 is 1. The Kier molecular flexibility index (Phi) is 3.72. The van der Waals surface area contributed by atoms with Gasteiger partial charge in [0.1, 0.15) is 24.9 Å².